The third-order valence-corrected chi connectivity index (χ3v) is 5.42. The van der Waals surface area contributed by atoms with Crippen LogP contribution in [-0.2, 0) is 9.59 Å². The zero-order valence-corrected chi connectivity index (χ0v) is 14.8. The number of carbonyl (C=O) groups is 2. The molecule has 0 unspecified atom stereocenters. The molecule has 0 spiro atoms. The monoisotopic (exact) mass is 350 g/mol. The summed E-state index contributed by atoms with van der Waals surface area (Å²) in [7, 11) is 0. The van der Waals surface area contributed by atoms with E-state index in [1.807, 2.05) is 37.3 Å². The molecule has 4 rings (SSSR count). The maximum Gasteiger partial charge on any atom is 0.312 e. The molecule has 6 heteroatoms. The zero-order chi connectivity index (χ0) is 18.1. The van der Waals surface area contributed by atoms with E-state index < -0.39 is 5.91 Å². The first-order chi connectivity index (χ1) is 12.6. The highest BCUT2D eigenvalue weighted by Gasteiger charge is 2.40. The van der Waals surface area contributed by atoms with Crippen LogP contribution in [0.2, 0.25) is 0 Å². The van der Waals surface area contributed by atoms with Gasteiger partial charge in [-0.05, 0) is 31.7 Å². The number of carbonyl (C=O) groups excluding carboxylic acids is 2. The van der Waals surface area contributed by atoms with E-state index in [0.717, 1.165) is 30.4 Å². The second-order valence-corrected chi connectivity index (χ2v) is 6.95. The second kappa shape index (κ2) is 6.86. The molecule has 134 valence electrons. The summed E-state index contributed by atoms with van der Waals surface area (Å²) in [5.74, 6) is -0.261. The minimum atomic E-state index is -0.439. The van der Waals surface area contributed by atoms with Crippen LogP contribution in [0.3, 0.4) is 0 Å². The van der Waals surface area contributed by atoms with Crippen molar-refractivity contribution in [3.8, 4) is 11.1 Å². The van der Waals surface area contributed by atoms with Crippen LogP contribution >= 0.6 is 0 Å². The summed E-state index contributed by atoms with van der Waals surface area (Å²) in [6, 6.07) is 9.85. The van der Waals surface area contributed by atoms with Crippen molar-refractivity contribution < 1.29 is 9.59 Å². The predicted octanol–water partition coefficient (Wildman–Crippen LogP) is 2.43. The molecule has 1 aliphatic carbocycles. The third-order valence-electron chi connectivity index (χ3n) is 5.42. The highest BCUT2D eigenvalue weighted by molar-refractivity contribution is 6.35. The van der Waals surface area contributed by atoms with Gasteiger partial charge in [-0.3, -0.25) is 9.59 Å². The average Bonchev–Trinajstić information content (AvgIpc) is 2.64. The predicted molar refractivity (Wildman–Crippen MR) is 96.9 cm³/mol. The Bertz CT molecular complexity index is 802. The fraction of sp³-hybridized carbons (Fsp3) is 0.400. The third kappa shape index (κ3) is 2.96. The molecule has 2 aromatic rings. The van der Waals surface area contributed by atoms with Crippen molar-refractivity contribution in [1.82, 2.24) is 19.8 Å². The molecule has 2 aliphatic rings. The number of hydrogen-bond acceptors (Lipinski definition) is 4. The Hall–Kier alpha value is -2.76. The topological polar surface area (TPSA) is 66.4 Å². The highest BCUT2D eigenvalue weighted by atomic mass is 16.2. The van der Waals surface area contributed by atoms with Gasteiger partial charge in [0.25, 0.3) is 0 Å². The van der Waals surface area contributed by atoms with Gasteiger partial charge in [0.1, 0.15) is 5.82 Å². The number of rotatable bonds is 4. The molecule has 1 saturated heterocycles. The Morgan fingerprint density at radius 2 is 1.65 bits per heavy atom. The van der Waals surface area contributed by atoms with Gasteiger partial charge in [0.15, 0.2) is 0 Å². The molecule has 2 heterocycles. The number of piperazine rings is 1. The van der Waals surface area contributed by atoms with Gasteiger partial charge >= 0.3 is 11.8 Å². The summed E-state index contributed by atoms with van der Waals surface area (Å²) in [5.41, 5.74) is 1.98. The fourth-order valence-corrected chi connectivity index (χ4v) is 3.55. The van der Waals surface area contributed by atoms with Crippen molar-refractivity contribution in [2.75, 3.05) is 13.1 Å². The lowest BCUT2D eigenvalue weighted by atomic mass is 9.91. The molecular weight excluding hydrogens is 328 g/mol. The lowest BCUT2D eigenvalue weighted by molar-refractivity contribution is -0.160. The van der Waals surface area contributed by atoms with Gasteiger partial charge in [-0.2, -0.15) is 0 Å². The second-order valence-electron chi connectivity index (χ2n) is 6.95. The largest absolute Gasteiger partial charge is 0.330 e. The van der Waals surface area contributed by atoms with Crippen LogP contribution in [0.4, 0.5) is 0 Å². The van der Waals surface area contributed by atoms with Crippen molar-refractivity contribution >= 4 is 11.8 Å². The van der Waals surface area contributed by atoms with E-state index in [9.17, 15) is 9.59 Å². The van der Waals surface area contributed by atoms with Crippen molar-refractivity contribution in [3.63, 3.8) is 0 Å². The summed E-state index contributed by atoms with van der Waals surface area (Å²) in [5, 5.41) is 0. The lowest BCUT2D eigenvalue weighted by Gasteiger charge is -2.43. The number of amides is 2. The summed E-state index contributed by atoms with van der Waals surface area (Å²) in [6.45, 7) is 3.01. The van der Waals surface area contributed by atoms with Gasteiger partial charge in [0.2, 0.25) is 0 Å². The summed E-state index contributed by atoms with van der Waals surface area (Å²) in [4.78, 5) is 37.2. The number of aromatic nitrogens is 2. The van der Waals surface area contributed by atoms with E-state index in [4.69, 9.17) is 0 Å². The van der Waals surface area contributed by atoms with Gasteiger partial charge in [-0.25, -0.2) is 9.97 Å². The van der Waals surface area contributed by atoms with Crippen LogP contribution in [0, 0.1) is 0 Å². The minimum absolute atomic E-state index is 0.255. The Kier molecular flexibility index (Phi) is 4.41. The first-order valence-electron chi connectivity index (χ1n) is 9.14. The maximum absolute atomic E-state index is 12.6. The van der Waals surface area contributed by atoms with Gasteiger partial charge < -0.3 is 9.80 Å². The molecule has 6 nitrogen and oxygen atoms in total. The molecule has 1 aromatic carbocycles. The van der Waals surface area contributed by atoms with Crippen LogP contribution in [0.25, 0.3) is 11.1 Å². The Labute approximate surface area is 152 Å². The van der Waals surface area contributed by atoms with Crippen LogP contribution in [0.5, 0.6) is 0 Å². The first-order valence-corrected chi connectivity index (χ1v) is 9.14. The van der Waals surface area contributed by atoms with E-state index >= 15 is 0 Å². The molecule has 2 amide bonds. The SMILES string of the molecule is C[C@H](c1ncc(-c2ccccc2)cn1)N1CCN(C2CCC2)C(=O)C1=O. The van der Waals surface area contributed by atoms with Gasteiger partial charge in [0.05, 0.1) is 6.04 Å². The van der Waals surface area contributed by atoms with Crippen LogP contribution in [-0.4, -0.2) is 50.7 Å². The Morgan fingerprint density at radius 1 is 0.962 bits per heavy atom. The molecule has 1 aliphatic heterocycles. The summed E-state index contributed by atoms with van der Waals surface area (Å²) < 4.78 is 0. The Morgan fingerprint density at radius 3 is 2.27 bits per heavy atom. The van der Waals surface area contributed by atoms with Crippen LogP contribution < -0.4 is 0 Å². The molecule has 26 heavy (non-hydrogen) atoms. The molecule has 1 saturated carbocycles. The van der Waals surface area contributed by atoms with E-state index in [1.165, 1.54) is 0 Å². The van der Waals surface area contributed by atoms with E-state index in [-0.39, 0.29) is 18.0 Å². The number of benzene rings is 1. The molecule has 1 atom stereocenters. The summed E-state index contributed by atoms with van der Waals surface area (Å²) in [6.07, 6.45) is 6.71. The average molecular weight is 350 g/mol. The molecule has 0 N–H and O–H groups in total. The quantitative estimate of drug-likeness (QED) is 0.795. The normalized spacial score (nSPS) is 19.4. The van der Waals surface area contributed by atoms with Crippen molar-refractivity contribution in [3.05, 3.63) is 48.5 Å². The van der Waals surface area contributed by atoms with Crippen molar-refractivity contribution in [2.24, 2.45) is 0 Å². The standard InChI is InChI=1S/C20H22N4O2/c1-14(18-21-12-16(13-22-18)15-6-3-2-4-7-15)23-10-11-24(17-8-5-9-17)20(26)19(23)25/h2-4,6-7,12-14,17H,5,8-11H2,1H3/t14-/m1/s1. The van der Waals surface area contributed by atoms with Gasteiger partial charge in [-0.15, -0.1) is 0 Å². The van der Waals surface area contributed by atoms with Crippen LogP contribution in [0.15, 0.2) is 42.7 Å². The highest BCUT2D eigenvalue weighted by Crippen LogP contribution is 2.28. The summed E-state index contributed by atoms with van der Waals surface area (Å²) >= 11 is 0. The van der Waals surface area contributed by atoms with Gasteiger partial charge in [-0.1, -0.05) is 30.3 Å². The van der Waals surface area contributed by atoms with Crippen molar-refractivity contribution in [1.29, 1.82) is 0 Å². The van der Waals surface area contributed by atoms with E-state index in [1.54, 1.807) is 22.2 Å². The molecule has 0 bridgehead atoms. The van der Waals surface area contributed by atoms with Crippen molar-refractivity contribution in [2.45, 2.75) is 38.3 Å². The Balaban J connectivity index is 1.48. The molecule has 1 aromatic heterocycles. The van der Waals surface area contributed by atoms with Crippen LogP contribution in [0.1, 0.15) is 38.1 Å². The molecule has 0 radical (unpaired) electrons. The molecular formula is C20H22N4O2. The smallest absolute Gasteiger partial charge is 0.312 e. The van der Waals surface area contributed by atoms with E-state index in [2.05, 4.69) is 9.97 Å². The lowest BCUT2D eigenvalue weighted by Crippen LogP contribution is -2.59. The molecule has 2 fully saturated rings. The van der Waals surface area contributed by atoms with Gasteiger partial charge in [0, 0.05) is 37.1 Å². The maximum atomic E-state index is 12.6. The zero-order valence-electron chi connectivity index (χ0n) is 14.8. The first kappa shape index (κ1) is 16.7. The number of hydrogen-bond donors (Lipinski definition) is 0. The minimum Gasteiger partial charge on any atom is -0.330 e. The van der Waals surface area contributed by atoms with E-state index in [0.29, 0.717) is 18.9 Å². The fourth-order valence-electron chi connectivity index (χ4n) is 3.55. The number of nitrogens with zero attached hydrogens (tertiary/aromatic N) is 4.